The summed E-state index contributed by atoms with van der Waals surface area (Å²) < 4.78 is 11.2. The SMILES string of the molecule is CC(C)(C)OC(=O)Nc1ccccc1OC1(C)CNC1. The van der Waals surface area contributed by atoms with Crippen LogP contribution in [0.15, 0.2) is 24.3 Å². The highest BCUT2D eigenvalue weighted by atomic mass is 16.6. The number of amides is 1. The van der Waals surface area contributed by atoms with Gasteiger partial charge in [-0.25, -0.2) is 4.79 Å². The first-order valence-electron chi connectivity index (χ1n) is 6.76. The maximum atomic E-state index is 11.8. The van der Waals surface area contributed by atoms with Crippen LogP contribution in [0.1, 0.15) is 27.7 Å². The topological polar surface area (TPSA) is 59.6 Å². The first-order valence-corrected chi connectivity index (χ1v) is 6.76. The molecule has 2 N–H and O–H groups in total. The molecular formula is C15H22N2O3. The molecule has 0 saturated carbocycles. The van der Waals surface area contributed by atoms with E-state index in [1.54, 1.807) is 6.07 Å². The molecule has 5 nitrogen and oxygen atoms in total. The molecule has 0 radical (unpaired) electrons. The van der Waals surface area contributed by atoms with Crippen molar-refractivity contribution in [1.29, 1.82) is 0 Å². The van der Waals surface area contributed by atoms with Gasteiger partial charge >= 0.3 is 6.09 Å². The smallest absolute Gasteiger partial charge is 0.412 e. The van der Waals surface area contributed by atoms with Gasteiger partial charge in [0.05, 0.1) is 5.69 Å². The highest BCUT2D eigenvalue weighted by Gasteiger charge is 2.34. The lowest BCUT2D eigenvalue weighted by molar-refractivity contribution is 0.0351. The molecule has 1 fully saturated rings. The first-order chi connectivity index (χ1) is 9.27. The standard InChI is InChI=1S/C15H22N2O3/c1-14(2,3)20-13(18)17-11-7-5-6-8-12(11)19-15(4)9-16-10-15/h5-8,16H,9-10H2,1-4H3,(H,17,18). The van der Waals surface area contributed by atoms with E-state index < -0.39 is 11.7 Å². The molecule has 1 amide bonds. The summed E-state index contributed by atoms with van der Waals surface area (Å²) in [6.07, 6.45) is -0.481. The number of benzene rings is 1. The quantitative estimate of drug-likeness (QED) is 0.892. The number of hydrogen-bond acceptors (Lipinski definition) is 4. The van der Waals surface area contributed by atoms with Gasteiger partial charge < -0.3 is 14.8 Å². The van der Waals surface area contributed by atoms with Crippen molar-refractivity contribution in [3.8, 4) is 5.75 Å². The van der Waals surface area contributed by atoms with E-state index in [9.17, 15) is 4.79 Å². The Bertz CT molecular complexity index is 490. The Morgan fingerprint density at radius 3 is 2.50 bits per heavy atom. The van der Waals surface area contributed by atoms with Crippen LogP contribution in [-0.4, -0.2) is 30.4 Å². The van der Waals surface area contributed by atoms with Crippen molar-refractivity contribution in [2.24, 2.45) is 0 Å². The minimum absolute atomic E-state index is 0.217. The molecule has 1 saturated heterocycles. The Labute approximate surface area is 119 Å². The van der Waals surface area contributed by atoms with Gasteiger partial charge in [-0.2, -0.15) is 0 Å². The molecule has 5 heteroatoms. The van der Waals surface area contributed by atoms with E-state index in [0.717, 1.165) is 13.1 Å². The van der Waals surface area contributed by atoms with E-state index in [0.29, 0.717) is 11.4 Å². The second-order valence-corrected chi connectivity index (χ2v) is 6.28. The molecule has 0 bridgehead atoms. The number of rotatable bonds is 3. The van der Waals surface area contributed by atoms with Crippen LogP contribution in [0.4, 0.5) is 10.5 Å². The van der Waals surface area contributed by atoms with E-state index in [-0.39, 0.29) is 5.60 Å². The normalized spacial score (nSPS) is 17.0. The third kappa shape index (κ3) is 3.87. The third-order valence-corrected chi connectivity index (χ3v) is 2.88. The number of anilines is 1. The molecule has 2 rings (SSSR count). The molecule has 1 heterocycles. The zero-order valence-corrected chi connectivity index (χ0v) is 12.4. The lowest BCUT2D eigenvalue weighted by Gasteiger charge is -2.39. The second kappa shape index (κ2) is 5.32. The summed E-state index contributed by atoms with van der Waals surface area (Å²) in [5, 5.41) is 5.91. The summed E-state index contributed by atoms with van der Waals surface area (Å²) in [4.78, 5) is 11.8. The summed E-state index contributed by atoms with van der Waals surface area (Å²) >= 11 is 0. The van der Waals surface area contributed by atoms with Gasteiger partial charge in [0.1, 0.15) is 17.0 Å². The van der Waals surface area contributed by atoms with Crippen LogP contribution >= 0.6 is 0 Å². The molecule has 0 aliphatic carbocycles. The van der Waals surface area contributed by atoms with Crippen LogP contribution in [-0.2, 0) is 4.74 Å². The average molecular weight is 278 g/mol. The number of carbonyl (C=O) groups excluding carboxylic acids is 1. The fraction of sp³-hybridized carbons (Fsp3) is 0.533. The minimum atomic E-state index is -0.524. The van der Waals surface area contributed by atoms with E-state index in [1.165, 1.54) is 0 Å². The lowest BCUT2D eigenvalue weighted by atomic mass is 10.00. The van der Waals surface area contributed by atoms with Gasteiger partial charge in [-0.05, 0) is 39.8 Å². The van der Waals surface area contributed by atoms with Crippen LogP contribution in [0.2, 0.25) is 0 Å². The monoisotopic (exact) mass is 278 g/mol. The Balaban J connectivity index is 2.06. The van der Waals surface area contributed by atoms with Gasteiger partial charge in [0, 0.05) is 13.1 Å². The van der Waals surface area contributed by atoms with Crippen LogP contribution in [0, 0.1) is 0 Å². The number of nitrogens with one attached hydrogen (secondary N) is 2. The number of ether oxygens (including phenoxy) is 2. The van der Waals surface area contributed by atoms with Crippen LogP contribution < -0.4 is 15.4 Å². The van der Waals surface area contributed by atoms with Crippen LogP contribution in [0.5, 0.6) is 5.75 Å². The van der Waals surface area contributed by atoms with E-state index in [2.05, 4.69) is 10.6 Å². The molecule has 1 aliphatic heterocycles. The Morgan fingerprint density at radius 2 is 1.95 bits per heavy atom. The van der Waals surface area contributed by atoms with Gasteiger partial charge in [-0.1, -0.05) is 12.1 Å². The molecule has 0 atom stereocenters. The van der Waals surface area contributed by atoms with Crippen molar-refractivity contribution in [3.05, 3.63) is 24.3 Å². The van der Waals surface area contributed by atoms with Gasteiger partial charge in [-0.3, -0.25) is 5.32 Å². The van der Waals surface area contributed by atoms with Crippen molar-refractivity contribution in [2.45, 2.75) is 38.9 Å². The zero-order chi connectivity index (χ0) is 14.8. The van der Waals surface area contributed by atoms with Crippen molar-refractivity contribution < 1.29 is 14.3 Å². The summed E-state index contributed by atoms with van der Waals surface area (Å²) in [7, 11) is 0. The van der Waals surface area contributed by atoms with Crippen LogP contribution in [0.3, 0.4) is 0 Å². The van der Waals surface area contributed by atoms with E-state index in [1.807, 2.05) is 45.9 Å². The molecule has 1 aromatic rings. The fourth-order valence-electron chi connectivity index (χ4n) is 1.89. The first kappa shape index (κ1) is 14.7. The third-order valence-electron chi connectivity index (χ3n) is 2.88. The largest absolute Gasteiger partial charge is 0.483 e. The van der Waals surface area contributed by atoms with Crippen molar-refractivity contribution in [3.63, 3.8) is 0 Å². The molecule has 20 heavy (non-hydrogen) atoms. The highest BCUT2D eigenvalue weighted by Crippen LogP contribution is 2.29. The maximum Gasteiger partial charge on any atom is 0.412 e. The lowest BCUT2D eigenvalue weighted by Crippen LogP contribution is -2.61. The van der Waals surface area contributed by atoms with Crippen molar-refractivity contribution in [1.82, 2.24) is 5.32 Å². The van der Waals surface area contributed by atoms with Gasteiger partial charge in [0.15, 0.2) is 0 Å². The Kier molecular flexibility index (Phi) is 3.90. The molecule has 1 aromatic carbocycles. The van der Waals surface area contributed by atoms with Gasteiger partial charge in [0.25, 0.3) is 0 Å². The van der Waals surface area contributed by atoms with E-state index in [4.69, 9.17) is 9.47 Å². The molecule has 0 unspecified atom stereocenters. The van der Waals surface area contributed by atoms with Crippen molar-refractivity contribution >= 4 is 11.8 Å². The summed E-state index contributed by atoms with van der Waals surface area (Å²) in [5.74, 6) is 0.655. The zero-order valence-electron chi connectivity index (χ0n) is 12.4. The molecule has 1 aliphatic rings. The number of para-hydroxylation sites is 2. The number of hydrogen-bond donors (Lipinski definition) is 2. The molecule has 0 aromatic heterocycles. The minimum Gasteiger partial charge on any atom is -0.483 e. The molecule has 110 valence electrons. The van der Waals surface area contributed by atoms with Gasteiger partial charge in [0.2, 0.25) is 0 Å². The molecular weight excluding hydrogens is 256 g/mol. The second-order valence-electron chi connectivity index (χ2n) is 6.28. The Hall–Kier alpha value is -1.75. The van der Waals surface area contributed by atoms with Crippen LogP contribution in [0.25, 0.3) is 0 Å². The highest BCUT2D eigenvalue weighted by molar-refractivity contribution is 5.86. The molecule has 0 spiro atoms. The fourth-order valence-corrected chi connectivity index (χ4v) is 1.89. The predicted molar refractivity (Wildman–Crippen MR) is 78.2 cm³/mol. The average Bonchev–Trinajstić information content (AvgIpc) is 2.27. The van der Waals surface area contributed by atoms with E-state index >= 15 is 0 Å². The van der Waals surface area contributed by atoms with Crippen molar-refractivity contribution in [2.75, 3.05) is 18.4 Å². The Morgan fingerprint density at radius 1 is 1.30 bits per heavy atom. The summed E-state index contributed by atoms with van der Waals surface area (Å²) in [5.41, 5.74) is -0.120. The number of carbonyl (C=O) groups is 1. The summed E-state index contributed by atoms with van der Waals surface area (Å²) in [6.45, 7) is 9.12. The van der Waals surface area contributed by atoms with Gasteiger partial charge in [-0.15, -0.1) is 0 Å². The predicted octanol–water partition coefficient (Wildman–Crippen LogP) is 2.77. The maximum absolute atomic E-state index is 11.8. The summed E-state index contributed by atoms with van der Waals surface area (Å²) in [6, 6.07) is 7.37.